The van der Waals surface area contributed by atoms with Crippen molar-refractivity contribution in [1.29, 1.82) is 0 Å². The van der Waals surface area contributed by atoms with Gasteiger partial charge in [0.25, 0.3) is 0 Å². The van der Waals surface area contributed by atoms with Crippen LogP contribution in [0.5, 0.6) is 11.6 Å². The van der Waals surface area contributed by atoms with Crippen LogP contribution in [0.1, 0.15) is 0 Å². The van der Waals surface area contributed by atoms with Crippen molar-refractivity contribution in [2.75, 3.05) is 0 Å². The Morgan fingerprint density at radius 1 is 1.33 bits per heavy atom. The number of nitrogens with zero attached hydrogens (tertiary/aromatic N) is 3. The van der Waals surface area contributed by atoms with E-state index in [1.165, 1.54) is 0 Å². The van der Waals surface area contributed by atoms with E-state index < -0.39 is 10.6 Å². The largest absolute Gasteiger partial charge is 0.432 e. The van der Waals surface area contributed by atoms with Gasteiger partial charge in [0.2, 0.25) is 5.15 Å². The van der Waals surface area contributed by atoms with Gasteiger partial charge in [-0.15, -0.1) is 0 Å². The minimum absolute atomic E-state index is 0.202. The molecule has 18 heavy (non-hydrogen) atoms. The first-order chi connectivity index (χ1) is 8.59. The Morgan fingerprint density at radius 2 is 2.06 bits per heavy atom. The molecule has 0 unspecified atom stereocenters. The average molecular weight is 331 g/mol. The normalized spacial score (nSPS) is 10.1. The molecule has 0 atom stereocenters. The maximum atomic E-state index is 10.9. The van der Waals surface area contributed by atoms with Crippen LogP contribution in [0.25, 0.3) is 0 Å². The van der Waals surface area contributed by atoms with Crippen LogP contribution in [0.2, 0.25) is 5.15 Å². The minimum atomic E-state index is -0.686. The average Bonchev–Trinajstić information content (AvgIpc) is 2.31. The monoisotopic (exact) mass is 329 g/mol. The van der Waals surface area contributed by atoms with Gasteiger partial charge in [0.1, 0.15) is 12.1 Å². The van der Waals surface area contributed by atoms with E-state index in [9.17, 15) is 10.1 Å². The Kier molecular flexibility index (Phi) is 3.73. The lowest BCUT2D eigenvalue weighted by atomic mass is 10.3. The van der Waals surface area contributed by atoms with Crippen molar-refractivity contribution in [2.45, 2.75) is 0 Å². The molecule has 0 aliphatic carbocycles. The maximum Gasteiger partial charge on any atom is 0.368 e. The summed E-state index contributed by atoms with van der Waals surface area (Å²) in [5, 5.41) is 10.6. The molecule has 92 valence electrons. The molecule has 0 fully saturated rings. The van der Waals surface area contributed by atoms with E-state index in [1.54, 1.807) is 24.3 Å². The van der Waals surface area contributed by atoms with E-state index in [2.05, 4.69) is 25.9 Å². The number of benzene rings is 1. The molecule has 6 nitrogen and oxygen atoms in total. The summed E-state index contributed by atoms with van der Waals surface area (Å²) in [5.74, 6) is 0.197. The zero-order valence-corrected chi connectivity index (χ0v) is 11.1. The molecule has 1 aromatic carbocycles. The summed E-state index contributed by atoms with van der Waals surface area (Å²) in [5.41, 5.74) is -0.463. The van der Waals surface area contributed by atoms with Crippen LogP contribution in [0.3, 0.4) is 0 Å². The summed E-state index contributed by atoms with van der Waals surface area (Å²) in [6.07, 6.45) is 1.10. The predicted molar refractivity (Wildman–Crippen MR) is 67.9 cm³/mol. The Bertz CT molecular complexity index is 609. The molecule has 0 amide bonds. The van der Waals surface area contributed by atoms with E-state index >= 15 is 0 Å². The third-order valence-electron chi connectivity index (χ3n) is 1.97. The number of hydrogen-bond acceptors (Lipinski definition) is 5. The lowest BCUT2D eigenvalue weighted by Crippen LogP contribution is -1.98. The molecule has 2 rings (SSSR count). The highest BCUT2D eigenvalue weighted by atomic mass is 79.9. The van der Waals surface area contributed by atoms with Gasteiger partial charge in [0, 0.05) is 0 Å². The fourth-order valence-corrected chi connectivity index (χ4v) is 1.76. The van der Waals surface area contributed by atoms with Gasteiger partial charge in [-0.1, -0.05) is 23.7 Å². The van der Waals surface area contributed by atoms with Crippen molar-refractivity contribution >= 4 is 33.2 Å². The lowest BCUT2D eigenvalue weighted by molar-refractivity contribution is -0.386. The first-order valence-electron chi connectivity index (χ1n) is 4.67. The molecule has 8 heteroatoms. The van der Waals surface area contributed by atoms with Gasteiger partial charge in [-0.2, -0.15) is 4.98 Å². The van der Waals surface area contributed by atoms with Crippen LogP contribution in [0.4, 0.5) is 5.69 Å². The molecule has 0 spiro atoms. The first-order valence-corrected chi connectivity index (χ1v) is 5.84. The highest BCUT2D eigenvalue weighted by Gasteiger charge is 2.24. The predicted octanol–water partition coefficient (Wildman–Crippen LogP) is 3.59. The van der Waals surface area contributed by atoms with Crippen LogP contribution in [-0.4, -0.2) is 14.9 Å². The van der Waals surface area contributed by atoms with E-state index in [0.29, 0.717) is 10.2 Å². The molecular weight excluding hydrogens is 325 g/mol. The van der Waals surface area contributed by atoms with E-state index in [-0.39, 0.29) is 11.0 Å². The van der Waals surface area contributed by atoms with E-state index in [4.69, 9.17) is 16.3 Å². The van der Waals surface area contributed by atoms with Gasteiger partial charge in [-0.05, 0) is 28.1 Å². The van der Waals surface area contributed by atoms with Crippen LogP contribution in [0, 0.1) is 10.1 Å². The Hall–Kier alpha value is -1.73. The Morgan fingerprint density at radius 3 is 2.72 bits per heavy atom. The molecule has 0 aliphatic heterocycles. The highest BCUT2D eigenvalue weighted by Crippen LogP contribution is 2.35. The molecule has 1 aromatic heterocycles. The van der Waals surface area contributed by atoms with Crippen molar-refractivity contribution in [3.63, 3.8) is 0 Å². The van der Waals surface area contributed by atoms with Crippen molar-refractivity contribution < 1.29 is 9.66 Å². The smallest absolute Gasteiger partial charge is 0.368 e. The summed E-state index contributed by atoms with van der Waals surface area (Å²) in [7, 11) is 0. The quantitative estimate of drug-likeness (QED) is 0.488. The summed E-state index contributed by atoms with van der Waals surface area (Å²) < 4.78 is 6.01. The standard InChI is InChI=1S/C10H5BrClN3O3/c11-6-3-1-2-4-7(6)18-10-8(15(16)17)9(12)13-5-14-10/h1-5H. The van der Waals surface area contributed by atoms with Gasteiger partial charge < -0.3 is 4.74 Å². The van der Waals surface area contributed by atoms with Crippen molar-refractivity contribution in [3.8, 4) is 11.6 Å². The van der Waals surface area contributed by atoms with Crippen molar-refractivity contribution in [2.24, 2.45) is 0 Å². The molecular formula is C10H5BrClN3O3. The SMILES string of the molecule is O=[N+]([O-])c1c(Cl)ncnc1Oc1ccccc1Br. The molecule has 1 heterocycles. The summed E-state index contributed by atoms with van der Waals surface area (Å²) in [6.45, 7) is 0. The molecule has 0 bridgehead atoms. The van der Waals surface area contributed by atoms with Crippen LogP contribution in [-0.2, 0) is 0 Å². The number of nitro groups is 1. The third-order valence-corrected chi connectivity index (χ3v) is 2.90. The van der Waals surface area contributed by atoms with Gasteiger partial charge >= 0.3 is 11.6 Å². The zero-order valence-electron chi connectivity index (χ0n) is 8.71. The van der Waals surface area contributed by atoms with Crippen molar-refractivity contribution in [3.05, 3.63) is 50.3 Å². The fourth-order valence-electron chi connectivity index (χ4n) is 1.20. The summed E-state index contributed by atoms with van der Waals surface area (Å²) >= 11 is 8.91. The lowest BCUT2D eigenvalue weighted by Gasteiger charge is -2.06. The van der Waals surface area contributed by atoms with Crippen LogP contribution in [0.15, 0.2) is 35.1 Å². The minimum Gasteiger partial charge on any atom is -0.432 e. The summed E-state index contributed by atoms with van der Waals surface area (Å²) in [6, 6.07) is 6.90. The molecule has 0 radical (unpaired) electrons. The fraction of sp³-hybridized carbons (Fsp3) is 0. The number of halogens is 2. The number of hydrogen-bond donors (Lipinski definition) is 0. The third kappa shape index (κ3) is 2.57. The van der Waals surface area contributed by atoms with Gasteiger partial charge in [-0.25, -0.2) is 4.98 Å². The number of para-hydroxylation sites is 1. The molecule has 0 aliphatic rings. The zero-order chi connectivity index (χ0) is 13.1. The second kappa shape index (κ2) is 5.28. The second-order valence-electron chi connectivity index (χ2n) is 3.11. The van der Waals surface area contributed by atoms with Gasteiger partial charge in [0.05, 0.1) is 9.40 Å². The van der Waals surface area contributed by atoms with E-state index in [0.717, 1.165) is 6.33 Å². The number of rotatable bonds is 3. The molecule has 0 N–H and O–H groups in total. The van der Waals surface area contributed by atoms with Crippen molar-refractivity contribution in [1.82, 2.24) is 9.97 Å². The highest BCUT2D eigenvalue weighted by molar-refractivity contribution is 9.10. The van der Waals surface area contributed by atoms with Gasteiger partial charge in [0.15, 0.2) is 0 Å². The Labute approximate surface area is 115 Å². The first kappa shape index (κ1) is 12.7. The Balaban J connectivity index is 2.44. The van der Waals surface area contributed by atoms with Crippen LogP contribution >= 0.6 is 27.5 Å². The molecule has 0 saturated carbocycles. The topological polar surface area (TPSA) is 78.2 Å². The van der Waals surface area contributed by atoms with E-state index in [1.807, 2.05) is 0 Å². The molecule has 2 aromatic rings. The van der Waals surface area contributed by atoms with Gasteiger partial charge in [-0.3, -0.25) is 10.1 Å². The number of aromatic nitrogens is 2. The summed E-state index contributed by atoms with van der Waals surface area (Å²) in [4.78, 5) is 17.4. The number of ether oxygens (including phenoxy) is 1. The van der Waals surface area contributed by atoms with Crippen LogP contribution < -0.4 is 4.74 Å². The maximum absolute atomic E-state index is 10.9. The second-order valence-corrected chi connectivity index (χ2v) is 4.32. The molecule has 0 saturated heterocycles.